The number of hydrogen-bond donors (Lipinski definition) is 1. The van der Waals surface area contributed by atoms with E-state index < -0.39 is 0 Å². The van der Waals surface area contributed by atoms with Crippen molar-refractivity contribution in [3.8, 4) is 0 Å². The molecular formula is C15H22N2O. The van der Waals surface area contributed by atoms with Gasteiger partial charge < -0.3 is 5.32 Å². The van der Waals surface area contributed by atoms with Gasteiger partial charge in [-0.3, -0.25) is 9.78 Å². The summed E-state index contributed by atoms with van der Waals surface area (Å²) in [5.74, 6) is 0.353. The Kier molecular flexibility index (Phi) is 4.00. The maximum Gasteiger partial charge on any atom is 0.223 e. The minimum Gasteiger partial charge on any atom is -0.355 e. The van der Waals surface area contributed by atoms with Gasteiger partial charge in [0.15, 0.2) is 0 Å². The lowest BCUT2D eigenvalue weighted by molar-refractivity contribution is -0.125. The molecule has 1 aliphatic carbocycles. The van der Waals surface area contributed by atoms with Gasteiger partial charge in [-0.15, -0.1) is 0 Å². The number of carbonyl (C=O) groups excluding carboxylic acids is 1. The second kappa shape index (κ2) is 5.51. The normalized spacial score (nSPS) is 16.6. The van der Waals surface area contributed by atoms with Crippen LogP contribution in [0.1, 0.15) is 45.2 Å². The van der Waals surface area contributed by atoms with E-state index in [1.165, 1.54) is 0 Å². The van der Waals surface area contributed by atoms with Gasteiger partial charge in [0.05, 0.1) is 0 Å². The van der Waals surface area contributed by atoms with E-state index in [1.54, 1.807) is 0 Å². The molecule has 0 atom stereocenters. The van der Waals surface area contributed by atoms with Crippen molar-refractivity contribution in [2.24, 2.45) is 5.92 Å². The van der Waals surface area contributed by atoms with Crippen LogP contribution < -0.4 is 5.32 Å². The molecule has 0 spiro atoms. The zero-order valence-electron chi connectivity index (χ0n) is 11.3. The van der Waals surface area contributed by atoms with Gasteiger partial charge in [0.25, 0.3) is 0 Å². The van der Waals surface area contributed by atoms with Crippen molar-refractivity contribution in [2.75, 3.05) is 6.54 Å². The summed E-state index contributed by atoms with van der Waals surface area (Å²) in [6.07, 6.45) is 5.93. The molecule has 1 fully saturated rings. The number of aromatic nitrogens is 1. The Morgan fingerprint density at radius 3 is 2.61 bits per heavy atom. The van der Waals surface area contributed by atoms with Crippen molar-refractivity contribution in [3.63, 3.8) is 0 Å². The maximum atomic E-state index is 12.0. The summed E-state index contributed by atoms with van der Waals surface area (Å²) >= 11 is 0. The highest BCUT2D eigenvalue weighted by Crippen LogP contribution is 2.46. The van der Waals surface area contributed by atoms with E-state index in [0.717, 1.165) is 37.9 Å². The molecular weight excluding hydrogens is 224 g/mol. The summed E-state index contributed by atoms with van der Waals surface area (Å²) in [7, 11) is 0. The molecule has 0 unspecified atom stereocenters. The third kappa shape index (κ3) is 2.71. The molecule has 0 aromatic carbocycles. The second-order valence-electron chi connectivity index (χ2n) is 5.23. The van der Waals surface area contributed by atoms with Gasteiger partial charge in [0.2, 0.25) is 5.91 Å². The lowest BCUT2D eigenvalue weighted by atomic mass is 9.99. The first-order valence-electron chi connectivity index (χ1n) is 6.91. The quantitative estimate of drug-likeness (QED) is 0.838. The van der Waals surface area contributed by atoms with E-state index in [2.05, 4.69) is 30.2 Å². The van der Waals surface area contributed by atoms with E-state index in [0.29, 0.717) is 0 Å². The summed E-state index contributed by atoms with van der Waals surface area (Å²) in [4.78, 5) is 16.4. The first-order valence-corrected chi connectivity index (χ1v) is 6.91. The standard InChI is InChI=1S/C15H22N2O/c1-3-12(4-2)14(18)17-11-15(8-9-15)13-7-5-6-10-16-13/h5-7,10,12H,3-4,8-9,11H2,1-2H3,(H,17,18). The first-order chi connectivity index (χ1) is 8.72. The van der Waals surface area contributed by atoms with Crippen LogP contribution in [-0.4, -0.2) is 17.4 Å². The van der Waals surface area contributed by atoms with E-state index in [1.807, 2.05) is 18.3 Å². The van der Waals surface area contributed by atoms with Gasteiger partial charge in [-0.1, -0.05) is 19.9 Å². The predicted octanol–water partition coefficient (Wildman–Crippen LogP) is 2.67. The van der Waals surface area contributed by atoms with Gasteiger partial charge in [-0.2, -0.15) is 0 Å². The van der Waals surface area contributed by atoms with Crippen LogP contribution in [0.4, 0.5) is 0 Å². The number of amides is 1. The van der Waals surface area contributed by atoms with Crippen LogP contribution in [-0.2, 0) is 10.2 Å². The minimum absolute atomic E-state index is 0.114. The van der Waals surface area contributed by atoms with E-state index in [-0.39, 0.29) is 17.2 Å². The molecule has 1 aromatic rings. The lowest BCUT2D eigenvalue weighted by Crippen LogP contribution is -2.36. The monoisotopic (exact) mass is 246 g/mol. The maximum absolute atomic E-state index is 12.0. The Bertz CT molecular complexity index is 394. The van der Waals surface area contributed by atoms with Gasteiger partial charge in [0, 0.05) is 29.8 Å². The number of nitrogens with one attached hydrogen (secondary N) is 1. The van der Waals surface area contributed by atoms with Gasteiger partial charge in [-0.25, -0.2) is 0 Å². The van der Waals surface area contributed by atoms with Gasteiger partial charge >= 0.3 is 0 Å². The molecule has 0 bridgehead atoms. The third-order valence-corrected chi connectivity index (χ3v) is 4.02. The Hall–Kier alpha value is -1.38. The first kappa shape index (κ1) is 13.1. The summed E-state index contributed by atoms with van der Waals surface area (Å²) in [6, 6.07) is 6.02. The van der Waals surface area contributed by atoms with E-state index >= 15 is 0 Å². The third-order valence-electron chi connectivity index (χ3n) is 4.02. The zero-order chi connectivity index (χ0) is 13.0. The largest absolute Gasteiger partial charge is 0.355 e. The highest BCUT2D eigenvalue weighted by molar-refractivity contribution is 5.78. The van der Waals surface area contributed by atoms with Crippen LogP contribution in [0.15, 0.2) is 24.4 Å². The molecule has 0 radical (unpaired) electrons. The Morgan fingerprint density at radius 1 is 1.39 bits per heavy atom. The van der Waals surface area contributed by atoms with Crippen molar-refractivity contribution < 1.29 is 4.79 Å². The number of rotatable bonds is 6. The number of pyridine rings is 1. The molecule has 1 aliphatic rings. The number of nitrogens with zero attached hydrogens (tertiary/aromatic N) is 1. The smallest absolute Gasteiger partial charge is 0.223 e. The van der Waals surface area contributed by atoms with Crippen LogP contribution in [0.2, 0.25) is 0 Å². The fourth-order valence-corrected chi connectivity index (χ4v) is 2.41. The summed E-state index contributed by atoms with van der Waals surface area (Å²) in [5.41, 5.74) is 1.23. The topological polar surface area (TPSA) is 42.0 Å². The van der Waals surface area contributed by atoms with Crippen molar-refractivity contribution in [3.05, 3.63) is 30.1 Å². The Balaban J connectivity index is 1.93. The predicted molar refractivity (Wildman–Crippen MR) is 72.2 cm³/mol. The average Bonchev–Trinajstić information content (AvgIpc) is 3.20. The molecule has 3 nitrogen and oxygen atoms in total. The van der Waals surface area contributed by atoms with Crippen LogP contribution in [0, 0.1) is 5.92 Å². The Labute approximate surface area is 109 Å². The molecule has 1 aromatic heterocycles. The highest BCUT2D eigenvalue weighted by atomic mass is 16.1. The molecule has 0 saturated heterocycles. The molecule has 2 rings (SSSR count). The van der Waals surface area contributed by atoms with Gasteiger partial charge in [-0.05, 0) is 37.8 Å². The SMILES string of the molecule is CCC(CC)C(=O)NCC1(c2ccccn2)CC1. The van der Waals surface area contributed by atoms with Crippen molar-refractivity contribution in [1.29, 1.82) is 0 Å². The molecule has 1 saturated carbocycles. The van der Waals surface area contributed by atoms with Gasteiger partial charge in [0.1, 0.15) is 0 Å². The molecule has 1 N–H and O–H groups in total. The summed E-state index contributed by atoms with van der Waals surface area (Å²) in [5, 5.41) is 3.11. The van der Waals surface area contributed by atoms with Crippen molar-refractivity contribution in [2.45, 2.75) is 44.9 Å². The van der Waals surface area contributed by atoms with Crippen molar-refractivity contribution in [1.82, 2.24) is 10.3 Å². The molecule has 1 heterocycles. The molecule has 98 valence electrons. The van der Waals surface area contributed by atoms with Crippen LogP contribution in [0.5, 0.6) is 0 Å². The van der Waals surface area contributed by atoms with E-state index in [9.17, 15) is 4.79 Å². The molecule has 3 heteroatoms. The van der Waals surface area contributed by atoms with E-state index in [4.69, 9.17) is 0 Å². The van der Waals surface area contributed by atoms with Crippen LogP contribution in [0.3, 0.4) is 0 Å². The molecule has 18 heavy (non-hydrogen) atoms. The zero-order valence-corrected chi connectivity index (χ0v) is 11.3. The molecule has 0 aliphatic heterocycles. The van der Waals surface area contributed by atoms with Crippen LogP contribution >= 0.6 is 0 Å². The minimum atomic E-state index is 0.114. The van der Waals surface area contributed by atoms with Crippen molar-refractivity contribution >= 4 is 5.91 Å². The number of carbonyl (C=O) groups is 1. The summed E-state index contributed by atoms with van der Waals surface area (Å²) in [6.45, 7) is 4.87. The Morgan fingerprint density at radius 2 is 2.11 bits per heavy atom. The second-order valence-corrected chi connectivity index (χ2v) is 5.23. The number of hydrogen-bond acceptors (Lipinski definition) is 2. The van der Waals surface area contributed by atoms with Crippen LogP contribution in [0.25, 0.3) is 0 Å². The lowest BCUT2D eigenvalue weighted by Gasteiger charge is -2.18. The average molecular weight is 246 g/mol. The fraction of sp³-hybridized carbons (Fsp3) is 0.600. The fourth-order valence-electron chi connectivity index (χ4n) is 2.41. The highest BCUT2D eigenvalue weighted by Gasteiger charge is 2.45. The summed E-state index contributed by atoms with van der Waals surface area (Å²) < 4.78 is 0. The molecule has 1 amide bonds.